The lowest BCUT2D eigenvalue weighted by Gasteiger charge is -2.18. The summed E-state index contributed by atoms with van der Waals surface area (Å²) >= 11 is 7.59. The lowest BCUT2D eigenvalue weighted by atomic mass is 10.2. The van der Waals surface area contributed by atoms with Gasteiger partial charge >= 0.3 is 0 Å². The number of hydrogen-bond donors (Lipinski definition) is 1. The Bertz CT molecular complexity index is 746. The SMILES string of the molecule is O=C(/C=C/c1cscn1)N[C@@H]1CCN(c2ccccc2Cl)C1=O. The Kier molecular flexibility index (Phi) is 4.73. The summed E-state index contributed by atoms with van der Waals surface area (Å²) in [5, 5.41) is 5.09. The highest BCUT2D eigenvalue weighted by Crippen LogP contribution is 2.28. The van der Waals surface area contributed by atoms with Crippen LogP contribution in [0.1, 0.15) is 12.1 Å². The molecule has 2 amide bonds. The topological polar surface area (TPSA) is 62.3 Å². The number of para-hydroxylation sites is 1. The van der Waals surface area contributed by atoms with Crippen LogP contribution in [-0.4, -0.2) is 29.4 Å². The zero-order valence-electron chi connectivity index (χ0n) is 12.1. The molecule has 118 valence electrons. The maximum absolute atomic E-state index is 12.4. The Morgan fingerprint density at radius 1 is 1.43 bits per heavy atom. The van der Waals surface area contributed by atoms with Gasteiger partial charge in [-0.3, -0.25) is 9.59 Å². The number of halogens is 1. The Morgan fingerprint density at radius 2 is 2.26 bits per heavy atom. The molecule has 0 saturated carbocycles. The van der Waals surface area contributed by atoms with Crippen molar-refractivity contribution < 1.29 is 9.59 Å². The number of anilines is 1. The van der Waals surface area contributed by atoms with Crippen LogP contribution in [0.5, 0.6) is 0 Å². The second kappa shape index (κ2) is 6.93. The first-order valence-electron chi connectivity index (χ1n) is 7.08. The molecule has 0 aliphatic carbocycles. The monoisotopic (exact) mass is 347 g/mol. The average Bonchev–Trinajstić information content (AvgIpc) is 3.17. The van der Waals surface area contributed by atoms with Crippen LogP contribution in [0.3, 0.4) is 0 Å². The molecule has 1 aromatic heterocycles. The van der Waals surface area contributed by atoms with E-state index in [1.165, 1.54) is 17.4 Å². The van der Waals surface area contributed by atoms with E-state index in [2.05, 4.69) is 10.3 Å². The highest BCUT2D eigenvalue weighted by atomic mass is 35.5. The highest BCUT2D eigenvalue weighted by Gasteiger charge is 2.33. The molecule has 5 nitrogen and oxygen atoms in total. The molecule has 1 aliphatic heterocycles. The molecule has 0 spiro atoms. The summed E-state index contributed by atoms with van der Waals surface area (Å²) in [6.07, 6.45) is 3.57. The van der Waals surface area contributed by atoms with Crippen molar-refractivity contribution in [1.29, 1.82) is 0 Å². The quantitative estimate of drug-likeness (QED) is 0.865. The number of carbonyl (C=O) groups is 2. The minimum Gasteiger partial charge on any atom is -0.341 e. The smallest absolute Gasteiger partial charge is 0.249 e. The van der Waals surface area contributed by atoms with E-state index in [0.717, 1.165) is 5.69 Å². The molecule has 3 rings (SSSR count). The molecule has 2 aromatic rings. The summed E-state index contributed by atoms with van der Waals surface area (Å²) < 4.78 is 0. The molecule has 0 unspecified atom stereocenters. The standard InChI is InChI=1S/C16H14ClN3O2S/c17-12-3-1-2-4-14(12)20-8-7-13(16(20)22)19-15(21)6-5-11-9-23-10-18-11/h1-6,9-10,13H,7-8H2,(H,19,21)/b6-5+/t13-/m1/s1. The molecular formula is C16H14ClN3O2S. The summed E-state index contributed by atoms with van der Waals surface area (Å²) in [6, 6.07) is 6.66. The molecule has 1 N–H and O–H groups in total. The molecule has 2 heterocycles. The van der Waals surface area contributed by atoms with Crippen molar-refractivity contribution in [2.45, 2.75) is 12.5 Å². The fourth-order valence-corrected chi connectivity index (χ4v) is 3.17. The van der Waals surface area contributed by atoms with Crippen molar-refractivity contribution in [1.82, 2.24) is 10.3 Å². The van der Waals surface area contributed by atoms with Gasteiger partial charge in [0, 0.05) is 18.0 Å². The zero-order valence-corrected chi connectivity index (χ0v) is 13.7. The van der Waals surface area contributed by atoms with E-state index in [1.54, 1.807) is 28.6 Å². The first-order valence-corrected chi connectivity index (χ1v) is 8.40. The van der Waals surface area contributed by atoms with Crippen molar-refractivity contribution in [2.75, 3.05) is 11.4 Å². The van der Waals surface area contributed by atoms with Gasteiger partial charge in [-0.25, -0.2) is 4.98 Å². The van der Waals surface area contributed by atoms with Gasteiger partial charge in [0.15, 0.2) is 0 Å². The number of aromatic nitrogens is 1. The summed E-state index contributed by atoms with van der Waals surface area (Å²) in [5.74, 6) is -0.453. The van der Waals surface area contributed by atoms with Crippen molar-refractivity contribution in [3.63, 3.8) is 0 Å². The zero-order chi connectivity index (χ0) is 16.2. The Balaban J connectivity index is 1.63. The lowest BCUT2D eigenvalue weighted by molar-refractivity contribution is -0.123. The van der Waals surface area contributed by atoms with E-state index >= 15 is 0 Å². The lowest BCUT2D eigenvalue weighted by Crippen LogP contribution is -2.40. The third-order valence-corrected chi connectivity index (χ3v) is 4.45. The number of hydrogen-bond acceptors (Lipinski definition) is 4. The summed E-state index contributed by atoms with van der Waals surface area (Å²) in [6.45, 7) is 0.531. The van der Waals surface area contributed by atoms with E-state index in [0.29, 0.717) is 23.7 Å². The summed E-state index contributed by atoms with van der Waals surface area (Å²) in [5.41, 5.74) is 3.09. The van der Waals surface area contributed by atoms with Gasteiger partial charge in [-0.2, -0.15) is 0 Å². The first-order chi connectivity index (χ1) is 11.1. The van der Waals surface area contributed by atoms with Gasteiger partial charge in [0.25, 0.3) is 0 Å². The fourth-order valence-electron chi connectivity index (χ4n) is 2.41. The number of thiazole rings is 1. The number of benzene rings is 1. The molecule has 0 radical (unpaired) electrons. The summed E-state index contributed by atoms with van der Waals surface area (Å²) in [4.78, 5) is 30.0. The predicted molar refractivity (Wildman–Crippen MR) is 91.5 cm³/mol. The third-order valence-electron chi connectivity index (χ3n) is 3.52. The Hall–Kier alpha value is -2.18. The third kappa shape index (κ3) is 3.60. The molecule has 0 bridgehead atoms. The van der Waals surface area contributed by atoms with Gasteiger partial charge in [0.2, 0.25) is 11.8 Å². The van der Waals surface area contributed by atoms with Gasteiger partial charge in [-0.15, -0.1) is 11.3 Å². The van der Waals surface area contributed by atoms with E-state index < -0.39 is 6.04 Å². The molecule has 1 saturated heterocycles. The second-order valence-corrected chi connectivity index (χ2v) is 6.16. The fraction of sp³-hybridized carbons (Fsp3) is 0.188. The van der Waals surface area contributed by atoms with Crippen LogP contribution in [0.25, 0.3) is 6.08 Å². The molecule has 1 fully saturated rings. The largest absolute Gasteiger partial charge is 0.341 e. The molecule has 23 heavy (non-hydrogen) atoms. The van der Waals surface area contributed by atoms with Gasteiger partial charge < -0.3 is 10.2 Å². The predicted octanol–water partition coefficient (Wildman–Crippen LogP) is 2.73. The maximum Gasteiger partial charge on any atom is 0.249 e. The molecule has 1 atom stereocenters. The van der Waals surface area contributed by atoms with Gasteiger partial charge in [-0.1, -0.05) is 23.7 Å². The molecule has 1 aliphatic rings. The second-order valence-electron chi connectivity index (χ2n) is 5.04. The van der Waals surface area contributed by atoms with Crippen molar-refractivity contribution in [3.8, 4) is 0 Å². The summed E-state index contributed by atoms with van der Waals surface area (Å²) in [7, 11) is 0. The Labute approximate surface area is 142 Å². The van der Waals surface area contributed by atoms with Crippen molar-refractivity contribution in [3.05, 3.63) is 51.9 Å². The van der Waals surface area contributed by atoms with Gasteiger partial charge in [0.1, 0.15) is 6.04 Å². The molecule has 7 heteroatoms. The van der Waals surface area contributed by atoms with Crippen molar-refractivity contribution in [2.24, 2.45) is 0 Å². The Morgan fingerprint density at radius 3 is 3.00 bits per heavy atom. The van der Waals surface area contributed by atoms with Crippen LogP contribution in [0.4, 0.5) is 5.69 Å². The minimum absolute atomic E-state index is 0.145. The minimum atomic E-state index is -0.529. The highest BCUT2D eigenvalue weighted by molar-refractivity contribution is 7.07. The van der Waals surface area contributed by atoms with Crippen LogP contribution in [0, 0.1) is 0 Å². The van der Waals surface area contributed by atoms with E-state index in [-0.39, 0.29) is 11.8 Å². The number of nitrogens with zero attached hydrogens (tertiary/aromatic N) is 2. The normalized spacial score (nSPS) is 17.9. The first kappa shape index (κ1) is 15.7. The van der Waals surface area contributed by atoms with Gasteiger partial charge in [-0.05, 0) is 24.6 Å². The number of nitrogens with one attached hydrogen (secondary N) is 1. The van der Waals surface area contributed by atoms with E-state index in [9.17, 15) is 9.59 Å². The average molecular weight is 348 g/mol. The molecule has 1 aromatic carbocycles. The van der Waals surface area contributed by atoms with Crippen molar-refractivity contribution >= 4 is 46.5 Å². The van der Waals surface area contributed by atoms with Crippen LogP contribution >= 0.6 is 22.9 Å². The van der Waals surface area contributed by atoms with E-state index in [1.807, 2.05) is 17.5 Å². The number of rotatable bonds is 4. The number of amides is 2. The van der Waals surface area contributed by atoms with Crippen LogP contribution in [0.15, 0.2) is 41.2 Å². The van der Waals surface area contributed by atoms with Gasteiger partial charge in [0.05, 0.1) is 21.9 Å². The van der Waals surface area contributed by atoms with Crippen LogP contribution in [0.2, 0.25) is 5.02 Å². The maximum atomic E-state index is 12.4. The number of carbonyl (C=O) groups excluding carboxylic acids is 2. The molecular weight excluding hydrogens is 334 g/mol. The van der Waals surface area contributed by atoms with E-state index in [4.69, 9.17) is 11.6 Å². The van der Waals surface area contributed by atoms with Crippen LogP contribution in [-0.2, 0) is 9.59 Å². The van der Waals surface area contributed by atoms with Crippen LogP contribution < -0.4 is 10.2 Å².